The first-order chi connectivity index (χ1) is 15.5. The Kier molecular flexibility index (Phi) is 6.86. The molecule has 2 aromatic carbocycles. The van der Waals surface area contributed by atoms with Gasteiger partial charge in [0.2, 0.25) is 5.91 Å². The molecule has 1 N–H and O–H groups in total. The largest absolute Gasteiger partial charge is 0.338 e. The molecule has 1 aromatic heterocycles. The predicted molar refractivity (Wildman–Crippen MR) is 127 cm³/mol. The molecule has 2 amide bonds. The Morgan fingerprint density at radius 1 is 1.06 bits per heavy atom. The zero-order valence-electron chi connectivity index (χ0n) is 18.1. The lowest BCUT2D eigenvalue weighted by Crippen LogP contribution is -2.39. The van der Waals surface area contributed by atoms with Crippen LogP contribution in [-0.4, -0.2) is 34.8 Å². The zero-order valence-corrected chi connectivity index (χ0v) is 18.8. The molecular formula is C26H26ClN3O2. The van der Waals surface area contributed by atoms with E-state index in [1.165, 1.54) is 12.5 Å². The number of carbonyl (C=O) groups excluding carboxylic acids is 2. The fraction of sp³-hybridized carbons (Fsp3) is 0.269. The zero-order chi connectivity index (χ0) is 22.5. The van der Waals surface area contributed by atoms with Crippen molar-refractivity contribution in [3.8, 4) is 0 Å². The molecule has 4 rings (SSSR count). The van der Waals surface area contributed by atoms with E-state index in [0.29, 0.717) is 17.8 Å². The van der Waals surface area contributed by atoms with Gasteiger partial charge in [0, 0.05) is 60.0 Å². The highest BCUT2D eigenvalue weighted by Crippen LogP contribution is 2.27. The number of aromatic nitrogens is 1. The molecule has 164 valence electrons. The summed E-state index contributed by atoms with van der Waals surface area (Å²) in [6.07, 6.45) is 2.72. The molecule has 0 saturated carbocycles. The molecule has 1 aliphatic heterocycles. The molecule has 2 heterocycles. The highest BCUT2D eigenvalue weighted by molar-refractivity contribution is 6.30. The van der Waals surface area contributed by atoms with Gasteiger partial charge in [-0.25, -0.2) is 0 Å². The van der Waals surface area contributed by atoms with Gasteiger partial charge >= 0.3 is 0 Å². The Morgan fingerprint density at radius 2 is 1.81 bits per heavy atom. The number of pyridine rings is 1. The Balaban J connectivity index is 1.44. The molecule has 0 bridgehead atoms. The van der Waals surface area contributed by atoms with E-state index in [0.717, 1.165) is 42.2 Å². The Labute approximate surface area is 193 Å². The fourth-order valence-corrected chi connectivity index (χ4v) is 4.25. The van der Waals surface area contributed by atoms with Gasteiger partial charge in [0.05, 0.1) is 0 Å². The van der Waals surface area contributed by atoms with Crippen LogP contribution in [0, 0.1) is 0 Å². The van der Waals surface area contributed by atoms with Gasteiger partial charge in [-0.05, 0) is 66.9 Å². The van der Waals surface area contributed by atoms with Crippen molar-refractivity contribution in [2.75, 3.05) is 18.4 Å². The van der Waals surface area contributed by atoms with Crippen LogP contribution in [0.15, 0.2) is 66.7 Å². The van der Waals surface area contributed by atoms with Crippen LogP contribution in [0.1, 0.15) is 53.0 Å². The predicted octanol–water partition coefficient (Wildman–Crippen LogP) is 5.30. The van der Waals surface area contributed by atoms with Crippen LogP contribution in [0.3, 0.4) is 0 Å². The minimum atomic E-state index is -0.131. The number of likely N-dealkylation sites (tertiary alicyclic amines) is 1. The molecule has 1 aliphatic rings. The number of piperidine rings is 1. The highest BCUT2D eigenvalue weighted by Gasteiger charge is 2.26. The molecule has 1 atom stereocenters. The second-order valence-electron chi connectivity index (χ2n) is 8.21. The maximum Gasteiger partial charge on any atom is 0.253 e. The number of nitrogens with zero attached hydrogens (tertiary/aromatic N) is 2. The summed E-state index contributed by atoms with van der Waals surface area (Å²) in [6.45, 7) is 2.86. The average Bonchev–Trinajstić information content (AvgIpc) is 2.80. The number of carbonyl (C=O) groups is 2. The summed E-state index contributed by atoms with van der Waals surface area (Å²) in [7, 11) is 0. The van der Waals surface area contributed by atoms with Crippen LogP contribution in [-0.2, 0) is 11.2 Å². The molecule has 3 aromatic rings. The number of anilines is 1. The van der Waals surface area contributed by atoms with Gasteiger partial charge in [0.1, 0.15) is 0 Å². The first kappa shape index (κ1) is 22.0. The summed E-state index contributed by atoms with van der Waals surface area (Å²) in [5, 5.41) is 3.45. The van der Waals surface area contributed by atoms with Gasteiger partial charge in [-0.2, -0.15) is 0 Å². The smallest absolute Gasteiger partial charge is 0.253 e. The Bertz CT molecular complexity index is 1100. The minimum Gasteiger partial charge on any atom is -0.338 e. The summed E-state index contributed by atoms with van der Waals surface area (Å²) in [6, 6.07) is 21.0. The van der Waals surface area contributed by atoms with Crippen molar-refractivity contribution in [1.82, 2.24) is 9.88 Å². The van der Waals surface area contributed by atoms with Gasteiger partial charge in [-0.3, -0.25) is 14.6 Å². The van der Waals surface area contributed by atoms with Crippen LogP contribution in [0.5, 0.6) is 0 Å². The molecule has 0 radical (unpaired) electrons. The SMILES string of the molecule is CC(=O)Nc1ccc(C(=O)N2CCCC(c3cccc(Cc4ccc(Cl)cc4)n3)C2)cc1. The maximum absolute atomic E-state index is 13.1. The topological polar surface area (TPSA) is 62.3 Å². The van der Waals surface area contributed by atoms with E-state index in [1.54, 1.807) is 24.3 Å². The lowest BCUT2D eigenvalue weighted by molar-refractivity contribution is -0.114. The van der Waals surface area contributed by atoms with Gasteiger partial charge < -0.3 is 10.2 Å². The third kappa shape index (κ3) is 5.54. The van der Waals surface area contributed by atoms with Crippen molar-refractivity contribution in [2.24, 2.45) is 0 Å². The number of halogens is 1. The maximum atomic E-state index is 13.1. The fourth-order valence-electron chi connectivity index (χ4n) is 4.12. The van der Waals surface area contributed by atoms with Crippen LogP contribution >= 0.6 is 11.6 Å². The number of hydrogen-bond acceptors (Lipinski definition) is 3. The van der Waals surface area contributed by atoms with E-state index in [1.807, 2.05) is 35.2 Å². The van der Waals surface area contributed by atoms with Gasteiger partial charge in [0.15, 0.2) is 0 Å². The van der Waals surface area contributed by atoms with Crippen LogP contribution < -0.4 is 5.32 Å². The van der Waals surface area contributed by atoms with Crippen molar-refractivity contribution in [3.05, 3.63) is 94.3 Å². The third-order valence-corrected chi connectivity index (χ3v) is 5.96. The van der Waals surface area contributed by atoms with Gasteiger partial charge in [-0.15, -0.1) is 0 Å². The van der Waals surface area contributed by atoms with E-state index >= 15 is 0 Å². The summed E-state index contributed by atoms with van der Waals surface area (Å²) in [5.41, 5.74) is 4.54. The first-order valence-electron chi connectivity index (χ1n) is 10.8. The number of hydrogen-bond donors (Lipinski definition) is 1. The van der Waals surface area contributed by atoms with Crippen LogP contribution in [0.4, 0.5) is 5.69 Å². The van der Waals surface area contributed by atoms with Crippen molar-refractivity contribution in [1.29, 1.82) is 0 Å². The second kappa shape index (κ2) is 9.96. The number of nitrogens with one attached hydrogen (secondary N) is 1. The Hall–Kier alpha value is -3.18. The van der Waals surface area contributed by atoms with Crippen molar-refractivity contribution in [2.45, 2.75) is 32.1 Å². The number of rotatable bonds is 5. The lowest BCUT2D eigenvalue weighted by atomic mass is 9.93. The summed E-state index contributed by atoms with van der Waals surface area (Å²) in [5.74, 6) is 0.103. The standard InChI is InChI=1S/C26H26ClN3O2/c1-18(31)28-23-13-9-20(10-14-23)26(32)30-15-3-4-21(17-30)25-6-2-5-24(29-25)16-19-7-11-22(27)12-8-19/h2,5-14,21H,3-4,15-17H2,1H3,(H,28,31). The van der Waals surface area contributed by atoms with Crippen molar-refractivity contribution < 1.29 is 9.59 Å². The normalized spacial score (nSPS) is 15.9. The van der Waals surface area contributed by atoms with E-state index in [2.05, 4.69) is 17.4 Å². The molecule has 6 heteroatoms. The van der Waals surface area contributed by atoms with Crippen LogP contribution in [0.2, 0.25) is 5.02 Å². The average molecular weight is 448 g/mol. The number of amides is 2. The van der Waals surface area contributed by atoms with E-state index < -0.39 is 0 Å². The molecule has 0 spiro atoms. The monoisotopic (exact) mass is 447 g/mol. The molecular weight excluding hydrogens is 422 g/mol. The quantitative estimate of drug-likeness (QED) is 0.577. The first-order valence-corrected chi connectivity index (χ1v) is 11.2. The second-order valence-corrected chi connectivity index (χ2v) is 8.64. The third-order valence-electron chi connectivity index (χ3n) is 5.71. The summed E-state index contributed by atoms with van der Waals surface area (Å²) >= 11 is 5.99. The molecule has 0 aliphatic carbocycles. The molecule has 1 unspecified atom stereocenters. The van der Waals surface area contributed by atoms with Crippen molar-refractivity contribution in [3.63, 3.8) is 0 Å². The molecule has 1 fully saturated rings. The highest BCUT2D eigenvalue weighted by atomic mass is 35.5. The van der Waals surface area contributed by atoms with E-state index in [-0.39, 0.29) is 17.7 Å². The minimum absolute atomic E-state index is 0.0152. The van der Waals surface area contributed by atoms with Crippen molar-refractivity contribution >= 4 is 29.1 Å². The van der Waals surface area contributed by atoms with Crippen LogP contribution in [0.25, 0.3) is 0 Å². The lowest BCUT2D eigenvalue weighted by Gasteiger charge is -2.32. The molecule has 5 nitrogen and oxygen atoms in total. The van der Waals surface area contributed by atoms with Gasteiger partial charge in [-0.1, -0.05) is 29.8 Å². The summed E-state index contributed by atoms with van der Waals surface area (Å²) < 4.78 is 0. The molecule has 32 heavy (non-hydrogen) atoms. The summed E-state index contributed by atoms with van der Waals surface area (Å²) in [4.78, 5) is 31.1. The van der Waals surface area contributed by atoms with E-state index in [9.17, 15) is 9.59 Å². The number of benzene rings is 2. The van der Waals surface area contributed by atoms with Gasteiger partial charge in [0.25, 0.3) is 5.91 Å². The van der Waals surface area contributed by atoms with E-state index in [4.69, 9.17) is 16.6 Å². The molecule has 1 saturated heterocycles. The Morgan fingerprint density at radius 3 is 2.53 bits per heavy atom.